The smallest absolute Gasteiger partial charge is 0.221 e. The van der Waals surface area contributed by atoms with Gasteiger partial charge in [0, 0.05) is 17.3 Å². The van der Waals surface area contributed by atoms with E-state index in [1.165, 1.54) is 23.3 Å². The number of hydrogen-bond donors (Lipinski definition) is 2. The van der Waals surface area contributed by atoms with Gasteiger partial charge in [-0.2, -0.15) is 0 Å². The molecule has 2 N–H and O–H groups in total. The van der Waals surface area contributed by atoms with E-state index in [0.717, 1.165) is 13.0 Å². The maximum absolute atomic E-state index is 11.8. The van der Waals surface area contributed by atoms with Gasteiger partial charge in [0.05, 0.1) is 6.54 Å². The molecule has 17 heavy (non-hydrogen) atoms. The lowest BCUT2D eigenvalue weighted by Gasteiger charge is -2.22. The summed E-state index contributed by atoms with van der Waals surface area (Å²) in [6, 6.07) is 2.47. The monoisotopic (exact) mass is 252 g/mol. The van der Waals surface area contributed by atoms with E-state index < -0.39 is 0 Å². The molecule has 2 rings (SSSR count). The van der Waals surface area contributed by atoms with E-state index in [9.17, 15) is 4.79 Å². The third-order valence-electron chi connectivity index (χ3n) is 3.26. The second-order valence-corrected chi connectivity index (χ2v) is 5.66. The Bertz CT molecular complexity index is 369. The molecule has 1 aliphatic heterocycles. The van der Waals surface area contributed by atoms with E-state index in [1.807, 2.05) is 0 Å². The van der Waals surface area contributed by atoms with Gasteiger partial charge in [0.25, 0.3) is 0 Å². The number of carbonyl (C=O) groups excluding carboxylic acids is 1. The van der Waals surface area contributed by atoms with Crippen LogP contribution < -0.4 is 10.6 Å². The SMILES string of the molecule is Cc1ccsc1CNC(=O)CC1CCCCN1. The summed E-state index contributed by atoms with van der Waals surface area (Å²) in [7, 11) is 0. The van der Waals surface area contributed by atoms with Crippen LogP contribution in [0, 0.1) is 6.92 Å². The van der Waals surface area contributed by atoms with Crippen LogP contribution in [0.15, 0.2) is 11.4 Å². The van der Waals surface area contributed by atoms with Crippen LogP contribution in [-0.4, -0.2) is 18.5 Å². The maximum Gasteiger partial charge on any atom is 0.221 e. The number of thiophene rings is 1. The van der Waals surface area contributed by atoms with Gasteiger partial charge in [0.1, 0.15) is 0 Å². The molecule has 1 saturated heterocycles. The number of hydrogen-bond acceptors (Lipinski definition) is 3. The highest BCUT2D eigenvalue weighted by Gasteiger charge is 2.16. The molecule has 1 fully saturated rings. The van der Waals surface area contributed by atoms with Crippen molar-refractivity contribution in [3.8, 4) is 0 Å². The normalized spacial score (nSPS) is 20.2. The lowest BCUT2D eigenvalue weighted by atomic mass is 10.0. The second-order valence-electron chi connectivity index (χ2n) is 4.65. The van der Waals surface area contributed by atoms with Crippen molar-refractivity contribution < 1.29 is 4.79 Å². The fourth-order valence-corrected chi connectivity index (χ4v) is 3.00. The topological polar surface area (TPSA) is 41.1 Å². The molecule has 0 radical (unpaired) electrons. The van der Waals surface area contributed by atoms with Crippen LogP contribution in [0.25, 0.3) is 0 Å². The Kier molecular flexibility index (Phi) is 4.57. The molecule has 0 spiro atoms. The van der Waals surface area contributed by atoms with E-state index in [2.05, 4.69) is 29.0 Å². The molecule has 0 bridgehead atoms. The van der Waals surface area contributed by atoms with Gasteiger partial charge in [-0.05, 0) is 43.3 Å². The first-order chi connectivity index (χ1) is 8.25. The Labute approximate surface area is 107 Å². The first-order valence-corrected chi connectivity index (χ1v) is 7.16. The van der Waals surface area contributed by atoms with E-state index >= 15 is 0 Å². The minimum absolute atomic E-state index is 0.164. The van der Waals surface area contributed by atoms with E-state index in [-0.39, 0.29) is 5.91 Å². The van der Waals surface area contributed by atoms with Gasteiger partial charge in [0.2, 0.25) is 5.91 Å². The van der Waals surface area contributed by atoms with Crippen molar-refractivity contribution in [2.75, 3.05) is 6.54 Å². The average molecular weight is 252 g/mol. The van der Waals surface area contributed by atoms with Crippen LogP contribution in [-0.2, 0) is 11.3 Å². The fraction of sp³-hybridized carbons (Fsp3) is 0.615. The van der Waals surface area contributed by atoms with Crippen LogP contribution in [0.1, 0.15) is 36.1 Å². The van der Waals surface area contributed by atoms with Gasteiger partial charge in [-0.3, -0.25) is 4.79 Å². The van der Waals surface area contributed by atoms with Gasteiger partial charge in [0.15, 0.2) is 0 Å². The molecule has 94 valence electrons. The van der Waals surface area contributed by atoms with Crippen LogP contribution >= 0.6 is 11.3 Å². The summed E-state index contributed by atoms with van der Waals surface area (Å²) >= 11 is 1.71. The molecule has 2 heterocycles. The highest BCUT2D eigenvalue weighted by atomic mass is 32.1. The Morgan fingerprint density at radius 2 is 2.47 bits per heavy atom. The summed E-state index contributed by atoms with van der Waals surface area (Å²) in [5.74, 6) is 0.164. The van der Waals surface area contributed by atoms with Crippen LogP contribution in [0.2, 0.25) is 0 Å². The highest BCUT2D eigenvalue weighted by molar-refractivity contribution is 7.10. The zero-order valence-corrected chi connectivity index (χ0v) is 11.1. The third kappa shape index (κ3) is 3.82. The molecule has 0 saturated carbocycles. The third-order valence-corrected chi connectivity index (χ3v) is 4.28. The number of amides is 1. The van der Waals surface area contributed by atoms with Gasteiger partial charge < -0.3 is 10.6 Å². The molecule has 4 heteroatoms. The Hall–Kier alpha value is -0.870. The summed E-state index contributed by atoms with van der Waals surface area (Å²) in [5.41, 5.74) is 1.27. The highest BCUT2D eigenvalue weighted by Crippen LogP contribution is 2.15. The zero-order chi connectivity index (χ0) is 12.1. The molecule has 1 aliphatic rings. The minimum atomic E-state index is 0.164. The molecular formula is C13H20N2OS. The fourth-order valence-electron chi connectivity index (χ4n) is 2.16. The lowest BCUT2D eigenvalue weighted by Crippen LogP contribution is -2.38. The first-order valence-electron chi connectivity index (χ1n) is 6.29. The van der Waals surface area contributed by atoms with E-state index in [0.29, 0.717) is 19.0 Å². The molecule has 1 amide bonds. The van der Waals surface area contributed by atoms with Crippen LogP contribution in [0.3, 0.4) is 0 Å². The van der Waals surface area contributed by atoms with Crippen molar-refractivity contribution in [2.45, 2.75) is 45.2 Å². The Morgan fingerprint density at radius 3 is 3.12 bits per heavy atom. The summed E-state index contributed by atoms with van der Waals surface area (Å²) in [5, 5.41) is 8.47. The predicted molar refractivity (Wildman–Crippen MR) is 71.2 cm³/mol. The quantitative estimate of drug-likeness (QED) is 0.862. The number of nitrogens with one attached hydrogen (secondary N) is 2. The van der Waals surface area contributed by atoms with Crippen molar-refractivity contribution in [1.29, 1.82) is 0 Å². The van der Waals surface area contributed by atoms with Crippen LogP contribution in [0.5, 0.6) is 0 Å². The van der Waals surface area contributed by atoms with Crippen LogP contribution in [0.4, 0.5) is 0 Å². The lowest BCUT2D eigenvalue weighted by molar-refractivity contribution is -0.121. The van der Waals surface area contributed by atoms with Crippen molar-refractivity contribution in [3.63, 3.8) is 0 Å². The average Bonchev–Trinajstić information content (AvgIpc) is 2.74. The molecule has 0 aliphatic carbocycles. The first kappa shape index (κ1) is 12.6. The molecule has 1 aromatic heterocycles. The zero-order valence-electron chi connectivity index (χ0n) is 10.3. The molecule has 0 aromatic carbocycles. The molecule has 1 unspecified atom stereocenters. The second kappa shape index (κ2) is 6.17. The largest absolute Gasteiger partial charge is 0.351 e. The van der Waals surface area contributed by atoms with Gasteiger partial charge in [-0.25, -0.2) is 0 Å². The Morgan fingerprint density at radius 1 is 1.59 bits per heavy atom. The summed E-state index contributed by atoms with van der Waals surface area (Å²) in [4.78, 5) is 13.0. The predicted octanol–water partition coefficient (Wildman–Crippen LogP) is 2.20. The number of piperidine rings is 1. The number of rotatable bonds is 4. The van der Waals surface area contributed by atoms with Crippen molar-refractivity contribution in [1.82, 2.24) is 10.6 Å². The van der Waals surface area contributed by atoms with Gasteiger partial charge in [-0.15, -0.1) is 11.3 Å². The molecule has 3 nitrogen and oxygen atoms in total. The molecular weight excluding hydrogens is 232 g/mol. The molecule has 1 atom stereocenters. The van der Waals surface area contributed by atoms with E-state index in [1.54, 1.807) is 11.3 Å². The Balaban J connectivity index is 1.72. The summed E-state index contributed by atoms with van der Waals surface area (Å²) < 4.78 is 0. The minimum Gasteiger partial charge on any atom is -0.351 e. The van der Waals surface area contributed by atoms with E-state index in [4.69, 9.17) is 0 Å². The number of aryl methyl sites for hydroxylation is 1. The van der Waals surface area contributed by atoms with Crippen molar-refractivity contribution >= 4 is 17.2 Å². The van der Waals surface area contributed by atoms with Crippen molar-refractivity contribution in [2.24, 2.45) is 0 Å². The van der Waals surface area contributed by atoms with Gasteiger partial charge in [-0.1, -0.05) is 6.42 Å². The molecule has 1 aromatic rings. The van der Waals surface area contributed by atoms with Gasteiger partial charge >= 0.3 is 0 Å². The maximum atomic E-state index is 11.8. The number of carbonyl (C=O) groups is 1. The standard InChI is InChI=1S/C13H20N2OS/c1-10-5-7-17-12(10)9-15-13(16)8-11-4-2-3-6-14-11/h5,7,11,14H,2-4,6,8-9H2,1H3,(H,15,16). The summed E-state index contributed by atoms with van der Waals surface area (Å²) in [6.45, 7) is 3.82. The summed E-state index contributed by atoms with van der Waals surface area (Å²) in [6.07, 6.45) is 4.23. The van der Waals surface area contributed by atoms with Crippen molar-refractivity contribution in [3.05, 3.63) is 21.9 Å².